The van der Waals surface area contributed by atoms with Crippen molar-refractivity contribution in [3.63, 3.8) is 0 Å². The Labute approximate surface area is 122 Å². The number of carbonyl (C=O) groups excluding carboxylic acids is 1. The molecule has 21 heavy (non-hydrogen) atoms. The largest absolute Gasteiger partial charge is 0.376 e. The zero-order valence-corrected chi connectivity index (χ0v) is 11.7. The quantitative estimate of drug-likeness (QED) is 0.567. The van der Waals surface area contributed by atoms with Crippen molar-refractivity contribution in [3.05, 3.63) is 34.4 Å². The lowest BCUT2D eigenvalue weighted by Gasteiger charge is -2.20. The van der Waals surface area contributed by atoms with Crippen LogP contribution in [-0.4, -0.2) is 29.7 Å². The molecule has 0 saturated carbocycles. The van der Waals surface area contributed by atoms with Crippen LogP contribution >= 0.6 is 0 Å². The number of hydrazine groups is 1. The number of non-ortho nitro benzene ring substituents is 1. The lowest BCUT2D eigenvalue weighted by molar-refractivity contribution is -0.384. The van der Waals surface area contributed by atoms with Crippen LogP contribution in [-0.2, 0) is 4.74 Å². The van der Waals surface area contributed by atoms with Crippen LogP contribution in [0.5, 0.6) is 0 Å². The normalized spacial score (nSPS) is 18.8. The Morgan fingerprint density at radius 3 is 3.00 bits per heavy atom. The maximum Gasteiger partial charge on any atom is 0.333 e. The second kappa shape index (κ2) is 6.89. The molecule has 3 N–H and O–H groups in total. The number of anilines is 1. The summed E-state index contributed by atoms with van der Waals surface area (Å²) < 4.78 is 5.48. The highest BCUT2D eigenvalue weighted by atomic mass is 16.6. The molecule has 114 valence electrons. The van der Waals surface area contributed by atoms with Crippen LogP contribution in [0.15, 0.2) is 24.3 Å². The number of nitrogens with zero attached hydrogens (tertiary/aromatic N) is 1. The first-order valence-electron chi connectivity index (χ1n) is 6.75. The van der Waals surface area contributed by atoms with E-state index in [0.29, 0.717) is 5.69 Å². The lowest BCUT2D eigenvalue weighted by atomic mass is 10.1. The van der Waals surface area contributed by atoms with Crippen LogP contribution in [0.2, 0.25) is 0 Å². The Morgan fingerprint density at radius 1 is 1.52 bits per heavy atom. The van der Waals surface area contributed by atoms with Crippen molar-refractivity contribution < 1.29 is 14.5 Å². The maximum atomic E-state index is 11.7. The second-order valence-electron chi connectivity index (χ2n) is 4.87. The van der Waals surface area contributed by atoms with Gasteiger partial charge in [-0.1, -0.05) is 6.07 Å². The predicted octanol–water partition coefficient (Wildman–Crippen LogP) is 1.79. The molecule has 0 unspecified atom stereocenters. The van der Waals surface area contributed by atoms with E-state index in [1.165, 1.54) is 18.2 Å². The van der Waals surface area contributed by atoms with Crippen molar-refractivity contribution in [2.24, 2.45) is 0 Å². The van der Waals surface area contributed by atoms with Crippen LogP contribution in [0.4, 0.5) is 16.2 Å². The van der Waals surface area contributed by atoms with Crippen LogP contribution in [0.3, 0.4) is 0 Å². The van der Waals surface area contributed by atoms with Gasteiger partial charge in [-0.15, -0.1) is 0 Å². The summed E-state index contributed by atoms with van der Waals surface area (Å²) in [5, 5.41) is 13.4. The molecule has 2 atom stereocenters. The monoisotopic (exact) mass is 294 g/mol. The van der Waals surface area contributed by atoms with Crippen molar-refractivity contribution in [1.82, 2.24) is 10.7 Å². The van der Waals surface area contributed by atoms with Gasteiger partial charge in [-0.25, -0.2) is 4.79 Å². The van der Waals surface area contributed by atoms with Gasteiger partial charge in [0, 0.05) is 18.7 Å². The summed E-state index contributed by atoms with van der Waals surface area (Å²) in [7, 11) is 0. The molecule has 0 aliphatic carbocycles. The molecule has 8 heteroatoms. The number of nitrogens with one attached hydrogen (secondary N) is 3. The minimum absolute atomic E-state index is 0.0357. The Hall–Kier alpha value is -2.35. The zero-order valence-electron chi connectivity index (χ0n) is 11.7. The van der Waals surface area contributed by atoms with Gasteiger partial charge in [0.05, 0.1) is 22.8 Å². The molecule has 8 nitrogen and oxygen atoms in total. The van der Waals surface area contributed by atoms with Gasteiger partial charge in [0.2, 0.25) is 0 Å². The minimum Gasteiger partial charge on any atom is -0.376 e. The van der Waals surface area contributed by atoms with Gasteiger partial charge in [0.15, 0.2) is 0 Å². The third kappa shape index (κ3) is 4.32. The number of hydrogen-bond donors (Lipinski definition) is 3. The molecule has 2 amide bonds. The van der Waals surface area contributed by atoms with E-state index in [9.17, 15) is 14.9 Å². The van der Waals surface area contributed by atoms with E-state index in [1.807, 2.05) is 6.92 Å². The summed E-state index contributed by atoms with van der Waals surface area (Å²) in [5.74, 6) is 0. The van der Waals surface area contributed by atoms with E-state index in [2.05, 4.69) is 16.2 Å². The highest BCUT2D eigenvalue weighted by molar-refractivity contribution is 5.76. The molecule has 0 aromatic heterocycles. The molecule has 1 heterocycles. The number of rotatable bonds is 5. The smallest absolute Gasteiger partial charge is 0.333 e. The first kappa shape index (κ1) is 15.0. The standard InChI is InChI=1S/C13H18N4O4/c1-9(12-6-3-7-21-12)14-13(18)16-15-10-4-2-5-11(8-10)17(19)20/h2,4-5,8-9,12,15H,3,6-7H2,1H3,(H2,14,16,18)/t9-,12+/m0/s1. The van der Waals surface area contributed by atoms with Gasteiger partial charge in [-0.3, -0.25) is 21.0 Å². The van der Waals surface area contributed by atoms with E-state index in [0.717, 1.165) is 19.4 Å². The van der Waals surface area contributed by atoms with Crippen molar-refractivity contribution in [3.8, 4) is 0 Å². The van der Waals surface area contributed by atoms with Crippen LogP contribution < -0.4 is 16.2 Å². The van der Waals surface area contributed by atoms with E-state index in [1.54, 1.807) is 6.07 Å². The number of ether oxygens (including phenoxy) is 1. The molecule has 1 fully saturated rings. The SMILES string of the molecule is C[C@H](NC(=O)NNc1cccc([N+](=O)[O-])c1)[C@H]1CCCO1. The Morgan fingerprint density at radius 2 is 2.33 bits per heavy atom. The number of urea groups is 1. The molecular weight excluding hydrogens is 276 g/mol. The number of nitro groups is 1. The molecule has 2 rings (SSSR count). The summed E-state index contributed by atoms with van der Waals surface area (Å²) >= 11 is 0. The van der Waals surface area contributed by atoms with E-state index >= 15 is 0 Å². The maximum absolute atomic E-state index is 11.7. The van der Waals surface area contributed by atoms with E-state index in [-0.39, 0.29) is 17.8 Å². The highest BCUT2D eigenvalue weighted by Gasteiger charge is 2.23. The Balaban J connectivity index is 1.80. The first-order chi connectivity index (χ1) is 10.1. The molecule has 1 aromatic carbocycles. The topological polar surface area (TPSA) is 106 Å². The van der Waals surface area contributed by atoms with Crippen LogP contribution in [0.1, 0.15) is 19.8 Å². The third-order valence-corrected chi connectivity index (χ3v) is 3.26. The molecule has 1 aliphatic heterocycles. The predicted molar refractivity (Wildman–Crippen MR) is 76.8 cm³/mol. The number of nitro benzene ring substituents is 1. The number of amides is 2. The Kier molecular flexibility index (Phi) is 4.94. The highest BCUT2D eigenvalue weighted by Crippen LogP contribution is 2.16. The second-order valence-corrected chi connectivity index (χ2v) is 4.87. The summed E-state index contributed by atoms with van der Waals surface area (Å²) in [6.07, 6.45) is 1.97. The van der Waals surface area contributed by atoms with Crippen molar-refractivity contribution in [2.75, 3.05) is 12.0 Å². The fraction of sp³-hybridized carbons (Fsp3) is 0.462. The third-order valence-electron chi connectivity index (χ3n) is 3.26. The summed E-state index contributed by atoms with van der Waals surface area (Å²) in [5.41, 5.74) is 5.46. The molecule has 0 bridgehead atoms. The summed E-state index contributed by atoms with van der Waals surface area (Å²) in [4.78, 5) is 21.9. The molecule has 0 spiro atoms. The molecule has 0 radical (unpaired) electrons. The fourth-order valence-corrected chi connectivity index (χ4v) is 2.16. The van der Waals surface area contributed by atoms with Crippen LogP contribution in [0, 0.1) is 10.1 Å². The van der Waals surface area contributed by atoms with Crippen LogP contribution in [0.25, 0.3) is 0 Å². The number of benzene rings is 1. The molecule has 1 saturated heterocycles. The summed E-state index contributed by atoms with van der Waals surface area (Å²) in [6.45, 7) is 2.60. The fourth-order valence-electron chi connectivity index (χ4n) is 2.16. The molecular formula is C13H18N4O4. The van der Waals surface area contributed by atoms with Crippen molar-refractivity contribution in [1.29, 1.82) is 0 Å². The Bertz CT molecular complexity index is 517. The molecule has 1 aliphatic rings. The van der Waals surface area contributed by atoms with Gasteiger partial charge < -0.3 is 10.1 Å². The van der Waals surface area contributed by atoms with Gasteiger partial charge in [0.25, 0.3) is 5.69 Å². The van der Waals surface area contributed by atoms with Gasteiger partial charge in [0.1, 0.15) is 0 Å². The molecule has 1 aromatic rings. The number of carbonyl (C=O) groups is 1. The van der Waals surface area contributed by atoms with E-state index in [4.69, 9.17) is 4.74 Å². The average molecular weight is 294 g/mol. The minimum atomic E-state index is -0.495. The number of hydrogen-bond acceptors (Lipinski definition) is 5. The average Bonchev–Trinajstić information content (AvgIpc) is 2.99. The van der Waals surface area contributed by atoms with Gasteiger partial charge in [-0.2, -0.15) is 0 Å². The lowest BCUT2D eigenvalue weighted by Crippen LogP contribution is -2.47. The van der Waals surface area contributed by atoms with E-state index < -0.39 is 11.0 Å². The summed E-state index contributed by atoms with van der Waals surface area (Å²) in [6, 6.07) is 5.37. The first-order valence-corrected chi connectivity index (χ1v) is 6.75. The zero-order chi connectivity index (χ0) is 15.2. The van der Waals surface area contributed by atoms with Crippen molar-refractivity contribution >= 4 is 17.4 Å². The van der Waals surface area contributed by atoms with Gasteiger partial charge >= 0.3 is 6.03 Å². The van der Waals surface area contributed by atoms with Crippen molar-refractivity contribution in [2.45, 2.75) is 31.9 Å². The van der Waals surface area contributed by atoms with Gasteiger partial charge in [-0.05, 0) is 25.8 Å².